The minimum absolute atomic E-state index is 0.0115. The summed E-state index contributed by atoms with van der Waals surface area (Å²) in [5, 5.41) is 0. The monoisotopic (exact) mass is 1710 g/mol. The van der Waals surface area contributed by atoms with Crippen LogP contribution in [0, 0.1) is 107 Å². The van der Waals surface area contributed by atoms with Crippen molar-refractivity contribution >= 4 is 23.6 Å². The minimum atomic E-state index is -0.0495. The Kier molecular flexibility index (Phi) is 26.0. The van der Waals surface area contributed by atoms with Crippen molar-refractivity contribution in [2.24, 2.45) is 23.7 Å². The maximum Gasteiger partial charge on any atom is 0.273 e. The average molecular weight is 1710 g/mol. The van der Waals surface area contributed by atoms with Gasteiger partial charge in [-0.2, -0.15) is 0 Å². The number of fused-ring (bicyclic) bond motifs is 12. The Balaban J connectivity index is 0.000000120. The fourth-order valence-electron chi connectivity index (χ4n) is 20.0. The molecule has 8 saturated heterocycles. The number of aryl methyl sites for hydroxylation is 12. The molecule has 4 amide bonds. The second-order valence-electron chi connectivity index (χ2n) is 36.3. The molecule has 4 saturated carbocycles. The van der Waals surface area contributed by atoms with Gasteiger partial charge in [0.25, 0.3) is 23.6 Å². The van der Waals surface area contributed by atoms with Gasteiger partial charge in [0.05, 0.1) is 58.1 Å². The molecule has 8 bridgehead atoms. The molecule has 128 heavy (non-hydrogen) atoms. The summed E-state index contributed by atoms with van der Waals surface area (Å²) in [5.74, 6) is 4.22. The third kappa shape index (κ3) is 19.1. The van der Waals surface area contributed by atoms with Crippen LogP contribution in [0.15, 0.2) is 195 Å². The third-order valence-corrected chi connectivity index (χ3v) is 26.6. The predicted molar refractivity (Wildman–Crippen MR) is 490 cm³/mol. The summed E-state index contributed by atoms with van der Waals surface area (Å²) in [6.07, 6.45) is 29.8. The lowest BCUT2D eigenvalue weighted by atomic mass is 9.77. The van der Waals surface area contributed by atoms with Crippen molar-refractivity contribution in [3.05, 3.63) is 285 Å². The Hall–Kier alpha value is -13.1. The van der Waals surface area contributed by atoms with Gasteiger partial charge < -0.3 is 38.5 Å². The maximum atomic E-state index is 13.9. The van der Waals surface area contributed by atoms with Crippen LogP contribution >= 0.6 is 0 Å². The van der Waals surface area contributed by atoms with Gasteiger partial charge in [0.1, 0.15) is 47.2 Å². The van der Waals surface area contributed by atoms with Crippen LogP contribution in [0.25, 0.3) is 45.3 Å². The summed E-state index contributed by atoms with van der Waals surface area (Å²) in [5.41, 5.74) is 20.4. The van der Waals surface area contributed by atoms with Crippen molar-refractivity contribution in [3.8, 4) is 68.8 Å². The Morgan fingerprint density at radius 2 is 0.648 bits per heavy atom. The van der Waals surface area contributed by atoms with Crippen molar-refractivity contribution in [3.63, 3.8) is 0 Å². The molecule has 8 aliphatic heterocycles. The number of hydrogen-bond donors (Lipinski definition) is 0. The zero-order chi connectivity index (χ0) is 89.0. The average Bonchev–Trinajstić information content (AvgIpc) is 0.768. The largest absolute Gasteiger partial charge is 0.472 e. The number of aromatic nitrogens is 12. The Morgan fingerprint density at radius 3 is 1.05 bits per heavy atom. The Morgan fingerprint density at radius 1 is 0.289 bits per heavy atom. The molecule has 24 rings (SSSR count). The lowest BCUT2D eigenvalue weighted by molar-refractivity contribution is -0.0316. The quantitative estimate of drug-likeness (QED) is 0.0869. The molecule has 12 aromatic rings. The van der Waals surface area contributed by atoms with Crippen LogP contribution in [-0.2, 0) is 0 Å². The molecule has 0 radical (unpaired) electrons. The van der Waals surface area contributed by atoms with Crippen molar-refractivity contribution < 1.29 is 38.1 Å². The number of piperidine rings is 8. The zero-order valence-corrected chi connectivity index (χ0v) is 75.1. The van der Waals surface area contributed by atoms with E-state index in [1.165, 1.54) is 0 Å². The van der Waals surface area contributed by atoms with Crippen LogP contribution in [0.2, 0.25) is 0 Å². The summed E-state index contributed by atoms with van der Waals surface area (Å²) in [6, 6.07) is 43.0. The van der Waals surface area contributed by atoms with Crippen LogP contribution in [0.5, 0.6) is 23.5 Å². The summed E-state index contributed by atoms with van der Waals surface area (Å²) >= 11 is 0. The first-order valence-electron chi connectivity index (χ1n) is 45.2. The molecule has 12 unspecified atom stereocenters. The molecule has 12 fully saturated rings. The molecule has 20 heterocycles. The molecule has 24 heteroatoms. The van der Waals surface area contributed by atoms with Crippen LogP contribution in [-0.4, -0.2) is 178 Å². The smallest absolute Gasteiger partial charge is 0.273 e. The molecule has 12 atom stereocenters. The number of ether oxygens (including phenoxy) is 4. The molecule has 0 spiro atoms. The third-order valence-electron chi connectivity index (χ3n) is 26.6. The van der Waals surface area contributed by atoms with E-state index in [1.54, 1.807) is 37.2 Å². The standard InChI is InChI=1S/4C26H28N4O2/c1-16-6-11-23(28-14-16)32-22-13-19-8-10-21(22)30(15-19)26(31)20-9-7-18(3)29-25(20)24-17(2)5-4-12-27-24;1-16-6-11-23(28-14-16)32-22-13-19-8-10-21(22)30(15-19)26(31)25-20(9-7-18(3)29-25)24-17(2)5-4-12-27-24;1-16-6-9-22(29-14-16)32-21-13-19-7-8-20(21)30(15-19)26(31)25-23(17(2)10-12-28-25)24-18(3)5-4-11-27-24;1-16-6-9-23(28-13-16)32-22-12-19-7-8-21(22)30(15-19)26(31)20-11-17(2)14-29-25(20)24-18(3)5-4-10-27-24/h2*4-7,9,11-12,14,19,21-22H,8,10,13,15H2,1-3H3;4-6,9-12,14,19-21H,7-8,13,15H2,1-3H3;4-6,9-11,13-14,19,21-22H,7-8,12,15H2,1-3H3. The van der Waals surface area contributed by atoms with Gasteiger partial charge in [0.15, 0.2) is 0 Å². The van der Waals surface area contributed by atoms with Gasteiger partial charge in [0, 0.05) is 135 Å². The first-order chi connectivity index (χ1) is 62.0. The highest BCUT2D eigenvalue weighted by Gasteiger charge is 2.50. The lowest BCUT2D eigenvalue weighted by Gasteiger charge is -2.49. The van der Waals surface area contributed by atoms with Gasteiger partial charge in [-0.05, 0) is 300 Å². The van der Waals surface area contributed by atoms with E-state index in [2.05, 4.69) is 54.8 Å². The molecule has 656 valence electrons. The first kappa shape index (κ1) is 87.0. The van der Waals surface area contributed by atoms with E-state index in [0.717, 1.165) is 204 Å². The summed E-state index contributed by atoms with van der Waals surface area (Å²) in [7, 11) is 0. The minimum Gasteiger partial charge on any atom is -0.472 e. The SMILES string of the molecule is Cc1ccc(OC2CC3CCC2N(C(=O)c2cc(C)cnc2-c2ncccc2C)C3)nc1.Cc1ccc(OC2CC3CCC2N(C(=O)c2ccc(C)nc2-c2ncccc2C)C3)nc1.Cc1ccc(OC2CC3CCC2N(C(=O)c2nc(C)ccc2-c2ncccc2C)C3)nc1.Cc1ccc(OC2CC3CCC2N(C(=O)c2nccc(C)c2-c2ncccc2C)C3)nc1. The molecular weight excluding hydrogens is 1600 g/mol. The van der Waals surface area contributed by atoms with E-state index >= 15 is 0 Å². The Bertz CT molecular complexity index is 5730. The first-order valence-corrected chi connectivity index (χ1v) is 45.2. The number of carbonyl (C=O) groups is 4. The number of pyridine rings is 12. The Labute approximate surface area is 749 Å². The lowest BCUT2D eigenvalue weighted by Crippen LogP contribution is -2.59. The number of carbonyl (C=O) groups excluding carboxylic acids is 4. The molecule has 0 aromatic carbocycles. The molecule has 0 N–H and O–H groups in total. The van der Waals surface area contributed by atoms with Crippen molar-refractivity contribution in [1.82, 2.24) is 79.4 Å². The van der Waals surface area contributed by atoms with Gasteiger partial charge in [0.2, 0.25) is 23.5 Å². The number of nitrogens with zero attached hydrogens (tertiary/aromatic N) is 16. The molecule has 12 aliphatic rings. The van der Waals surface area contributed by atoms with Crippen LogP contribution < -0.4 is 18.9 Å². The summed E-state index contributed by atoms with van der Waals surface area (Å²) in [6.45, 7) is 26.9. The zero-order valence-electron chi connectivity index (χ0n) is 75.1. The van der Waals surface area contributed by atoms with E-state index < -0.39 is 0 Å². The number of rotatable bonds is 16. The van der Waals surface area contributed by atoms with E-state index in [-0.39, 0.29) is 72.2 Å². The van der Waals surface area contributed by atoms with E-state index in [0.29, 0.717) is 81.1 Å². The fourth-order valence-corrected chi connectivity index (χ4v) is 20.0. The molecule has 4 aliphatic carbocycles. The highest BCUT2D eigenvalue weighted by Crippen LogP contribution is 2.45. The van der Waals surface area contributed by atoms with Gasteiger partial charge in [-0.25, -0.2) is 24.9 Å². The number of amides is 4. The van der Waals surface area contributed by atoms with E-state index in [9.17, 15) is 19.2 Å². The maximum absolute atomic E-state index is 13.9. The highest BCUT2D eigenvalue weighted by molar-refractivity contribution is 6.02. The molecular formula is C104H112N16O8. The van der Waals surface area contributed by atoms with Crippen molar-refractivity contribution in [1.29, 1.82) is 0 Å². The number of hydrogen-bond acceptors (Lipinski definition) is 20. The normalized spacial score (nSPS) is 22.1. The van der Waals surface area contributed by atoms with Crippen molar-refractivity contribution in [2.45, 2.75) is 209 Å². The fraction of sp³-hybridized carbons (Fsp3) is 0.385. The van der Waals surface area contributed by atoms with Gasteiger partial charge in [-0.15, -0.1) is 0 Å². The topological polar surface area (TPSA) is 273 Å². The van der Waals surface area contributed by atoms with E-state index in [4.69, 9.17) is 23.9 Å². The van der Waals surface area contributed by atoms with Gasteiger partial charge in [-0.3, -0.25) is 54.1 Å². The van der Waals surface area contributed by atoms with Crippen LogP contribution in [0.1, 0.15) is 186 Å². The van der Waals surface area contributed by atoms with Crippen molar-refractivity contribution in [2.75, 3.05) is 26.2 Å². The van der Waals surface area contributed by atoms with Crippen LogP contribution in [0.3, 0.4) is 0 Å². The van der Waals surface area contributed by atoms with Gasteiger partial charge in [-0.1, -0.05) is 48.5 Å². The predicted octanol–water partition coefficient (Wildman–Crippen LogP) is 18.1. The molecule has 12 aromatic heterocycles. The van der Waals surface area contributed by atoms with E-state index in [1.807, 2.05) is 261 Å². The second kappa shape index (κ2) is 38.2. The second-order valence-corrected chi connectivity index (χ2v) is 36.3. The highest BCUT2D eigenvalue weighted by atomic mass is 16.5. The molecule has 24 nitrogen and oxygen atoms in total. The summed E-state index contributed by atoms with van der Waals surface area (Å²) in [4.78, 5) is 118. The van der Waals surface area contributed by atoms with Gasteiger partial charge >= 0.3 is 0 Å². The van der Waals surface area contributed by atoms with Crippen LogP contribution in [0.4, 0.5) is 0 Å². The summed E-state index contributed by atoms with van der Waals surface area (Å²) < 4.78 is 25.1.